The van der Waals surface area contributed by atoms with E-state index in [0.717, 1.165) is 5.56 Å². The maximum absolute atomic E-state index is 13.2. The Kier molecular flexibility index (Phi) is 6.20. The van der Waals surface area contributed by atoms with Crippen molar-refractivity contribution in [2.45, 2.75) is 24.3 Å². The molecule has 0 unspecified atom stereocenters. The van der Waals surface area contributed by atoms with Crippen molar-refractivity contribution in [1.29, 1.82) is 0 Å². The minimum absolute atomic E-state index is 0.173. The van der Waals surface area contributed by atoms with Crippen molar-refractivity contribution in [3.05, 3.63) is 87.3 Å². The highest BCUT2D eigenvalue weighted by Crippen LogP contribution is 2.19. The van der Waals surface area contributed by atoms with Gasteiger partial charge in [-0.25, -0.2) is 13.8 Å². The van der Waals surface area contributed by atoms with Gasteiger partial charge in [0.25, 0.3) is 5.56 Å². The van der Waals surface area contributed by atoms with Crippen LogP contribution >= 0.6 is 11.8 Å². The standard InChI is InChI=1S/C20H17F2N3O2S/c1-12-17(10-18(26)24-16-4-2-3-15(22)9-16)19(27)25-20(23-12)28-11-13-5-7-14(21)8-6-13/h2-9H,10-11H2,1H3,(H,24,26)(H,23,25,27). The van der Waals surface area contributed by atoms with Gasteiger partial charge in [0.2, 0.25) is 5.91 Å². The monoisotopic (exact) mass is 401 g/mol. The number of halogens is 2. The van der Waals surface area contributed by atoms with Crippen LogP contribution in [0.2, 0.25) is 0 Å². The van der Waals surface area contributed by atoms with Gasteiger partial charge in [0.15, 0.2) is 5.16 Å². The summed E-state index contributed by atoms with van der Waals surface area (Å²) in [6.45, 7) is 1.65. The number of nitrogens with one attached hydrogen (secondary N) is 2. The summed E-state index contributed by atoms with van der Waals surface area (Å²) >= 11 is 1.31. The average molecular weight is 401 g/mol. The Hall–Kier alpha value is -3.00. The van der Waals surface area contributed by atoms with Gasteiger partial charge in [-0.3, -0.25) is 9.59 Å². The second-order valence-electron chi connectivity index (χ2n) is 6.09. The number of amides is 1. The number of benzene rings is 2. The molecule has 0 radical (unpaired) electrons. The minimum Gasteiger partial charge on any atom is -0.326 e. The molecule has 1 aromatic heterocycles. The third-order valence-electron chi connectivity index (χ3n) is 3.94. The Morgan fingerprint density at radius 3 is 2.57 bits per heavy atom. The van der Waals surface area contributed by atoms with E-state index in [9.17, 15) is 18.4 Å². The zero-order chi connectivity index (χ0) is 20.1. The predicted octanol–water partition coefficient (Wildman–Crippen LogP) is 3.83. The molecule has 5 nitrogen and oxygen atoms in total. The third kappa shape index (κ3) is 5.26. The maximum atomic E-state index is 13.2. The zero-order valence-electron chi connectivity index (χ0n) is 15.0. The van der Waals surface area contributed by atoms with E-state index < -0.39 is 17.3 Å². The van der Waals surface area contributed by atoms with Crippen LogP contribution in [0.4, 0.5) is 14.5 Å². The molecule has 0 aliphatic rings. The summed E-state index contributed by atoms with van der Waals surface area (Å²) in [5, 5.41) is 2.97. The van der Waals surface area contributed by atoms with E-state index in [1.54, 1.807) is 25.1 Å². The topological polar surface area (TPSA) is 74.8 Å². The predicted molar refractivity (Wildman–Crippen MR) is 104 cm³/mol. The number of carbonyl (C=O) groups is 1. The van der Waals surface area contributed by atoms with E-state index in [1.807, 2.05) is 0 Å². The first-order valence-electron chi connectivity index (χ1n) is 8.43. The largest absolute Gasteiger partial charge is 0.326 e. The number of aromatic nitrogens is 2. The van der Waals surface area contributed by atoms with Gasteiger partial charge in [-0.2, -0.15) is 0 Å². The number of hydrogen-bond donors (Lipinski definition) is 2. The summed E-state index contributed by atoms with van der Waals surface area (Å²) in [6.07, 6.45) is -0.173. The van der Waals surface area contributed by atoms with Crippen LogP contribution in [0.3, 0.4) is 0 Å². The quantitative estimate of drug-likeness (QED) is 0.486. The number of anilines is 1. The summed E-state index contributed by atoms with van der Waals surface area (Å²) in [6, 6.07) is 11.6. The van der Waals surface area contributed by atoms with Gasteiger partial charge in [-0.1, -0.05) is 30.0 Å². The van der Waals surface area contributed by atoms with E-state index in [4.69, 9.17) is 0 Å². The second kappa shape index (κ2) is 8.79. The number of hydrogen-bond acceptors (Lipinski definition) is 4. The van der Waals surface area contributed by atoms with Crippen molar-refractivity contribution >= 4 is 23.4 Å². The molecule has 0 saturated carbocycles. The number of rotatable bonds is 6. The molecule has 0 aliphatic heterocycles. The molecule has 8 heteroatoms. The minimum atomic E-state index is -0.462. The Labute approximate surface area is 164 Å². The molecule has 3 aromatic rings. The molecule has 0 atom stereocenters. The molecule has 2 N–H and O–H groups in total. The van der Waals surface area contributed by atoms with Crippen molar-refractivity contribution in [3.63, 3.8) is 0 Å². The molecule has 0 saturated heterocycles. The SMILES string of the molecule is Cc1nc(SCc2ccc(F)cc2)[nH]c(=O)c1CC(=O)Nc1cccc(F)c1. The maximum Gasteiger partial charge on any atom is 0.255 e. The van der Waals surface area contributed by atoms with Gasteiger partial charge < -0.3 is 10.3 Å². The molecule has 1 amide bonds. The molecule has 3 rings (SSSR count). The summed E-state index contributed by atoms with van der Waals surface area (Å²) < 4.78 is 26.1. The molecule has 1 heterocycles. The van der Waals surface area contributed by atoms with E-state index in [-0.39, 0.29) is 17.8 Å². The molecular formula is C20H17F2N3O2S. The number of aromatic amines is 1. The molecular weight excluding hydrogens is 384 g/mol. The second-order valence-corrected chi connectivity index (χ2v) is 7.05. The van der Waals surface area contributed by atoms with E-state index >= 15 is 0 Å². The van der Waals surface area contributed by atoms with E-state index in [0.29, 0.717) is 22.3 Å². The van der Waals surface area contributed by atoms with Crippen molar-refractivity contribution in [1.82, 2.24) is 9.97 Å². The summed E-state index contributed by atoms with van der Waals surface area (Å²) in [5.41, 5.74) is 1.51. The van der Waals surface area contributed by atoms with E-state index in [1.165, 1.54) is 42.1 Å². The lowest BCUT2D eigenvalue weighted by Crippen LogP contribution is -2.23. The fourth-order valence-corrected chi connectivity index (χ4v) is 3.39. The summed E-state index contributed by atoms with van der Waals surface area (Å²) in [7, 11) is 0. The van der Waals surface area contributed by atoms with Crippen LogP contribution in [0.15, 0.2) is 58.5 Å². The van der Waals surface area contributed by atoms with Crippen LogP contribution in [0.25, 0.3) is 0 Å². The van der Waals surface area contributed by atoms with Crippen LogP contribution in [-0.2, 0) is 17.0 Å². The lowest BCUT2D eigenvalue weighted by atomic mass is 10.1. The van der Waals surface area contributed by atoms with Gasteiger partial charge in [0.05, 0.1) is 6.42 Å². The van der Waals surface area contributed by atoms with Crippen LogP contribution in [0, 0.1) is 18.6 Å². The zero-order valence-corrected chi connectivity index (χ0v) is 15.8. The first-order valence-corrected chi connectivity index (χ1v) is 9.42. The lowest BCUT2D eigenvalue weighted by Gasteiger charge is -2.08. The fourth-order valence-electron chi connectivity index (χ4n) is 2.53. The van der Waals surface area contributed by atoms with Crippen molar-refractivity contribution in [2.24, 2.45) is 0 Å². The van der Waals surface area contributed by atoms with Crippen LogP contribution < -0.4 is 10.9 Å². The van der Waals surface area contributed by atoms with Gasteiger partial charge in [0, 0.05) is 22.7 Å². The molecule has 28 heavy (non-hydrogen) atoms. The van der Waals surface area contributed by atoms with Gasteiger partial charge in [-0.15, -0.1) is 0 Å². The van der Waals surface area contributed by atoms with Crippen molar-refractivity contribution < 1.29 is 13.6 Å². The highest BCUT2D eigenvalue weighted by Gasteiger charge is 2.13. The van der Waals surface area contributed by atoms with E-state index in [2.05, 4.69) is 15.3 Å². The van der Waals surface area contributed by atoms with Crippen molar-refractivity contribution in [3.8, 4) is 0 Å². The number of nitrogens with zero attached hydrogens (tertiary/aromatic N) is 1. The Bertz CT molecular complexity index is 1050. The third-order valence-corrected chi connectivity index (χ3v) is 4.88. The van der Waals surface area contributed by atoms with Gasteiger partial charge in [-0.05, 0) is 42.8 Å². The lowest BCUT2D eigenvalue weighted by molar-refractivity contribution is -0.115. The molecule has 0 aliphatic carbocycles. The highest BCUT2D eigenvalue weighted by atomic mass is 32.2. The summed E-state index contributed by atoms with van der Waals surface area (Å²) in [5.74, 6) is -0.692. The molecule has 0 bridgehead atoms. The molecule has 144 valence electrons. The Morgan fingerprint density at radius 1 is 1.14 bits per heavy atom. The van der Waals surface area contributed by atoms with Crippen LogP contribution in [0.1, 0.15) is 16.8 Å². The first-order chi connectivity index (χ1) is 13.4. The van der Waals surface area contributed by atoms with Crippen LogP contribution in [-0.4, -0.2) is 15.9 Å². The number of aryl methyl sites for hydroxylation is 1. The van der Waals surface area contributed by atoms with Gasteiger partial charge >= 0.3 is 0 Å². The normalized spacial score (nSPS) is 10.7. The molecule has 0 fully saturated rings. The van der Waals surface area contributed by atoms with Crippen molar-refractivity contribution in [2.75, 3.05) is 5.32 Å². The average Bonchev–Trinajstić information content (AvgIpc) is 2.64. The van der Waals surface area contributed by atoms with Gasteiger partial charge in [0.1, 0.15) is 11.6 Å². The number of thioether (sulfide) groups is 1. The van der Waals surface area contributed by atoms with Crippen LogP contribution in [0.5, 0.6) is 0 Å². The molecule has 0 spiro atoms. The first kappa shape index (κ1) is 19.8. The smallest absolute Gasteiger partial charge is 0.255 e. The fraction of sp³-hybridized carbons (Fsp3) is 0.150. The summed E-state index contributed by atoms with van der Waals surface area (Å²) in [4.78, 5) is 31.5. The molecule has 2 aromatic carbocycles. The number of H-pyrrole nitrogens is 1. The Morgan fingerprint density at radius 2 is 1.89 bits per heavy atom. The highest BCUT2D eigenvalue weighted by molar-refractivity contribution is 7.98. The number of carbonyl (C=O) groups excluding carboxylic acids is 1. The Balaban J connectivity index is 1.66.